The molecule has 0 bridgehead atoms. The molecule has 1 fully saturated rings. The van der Waals surface area contributed by atoms with E-state index in [-0.39, 0.29) is 29.2 Å². The van der Waals surface area contributed by atoms with Gasteiger partial charge in [0.15, 0.2) is 11.1 Å². The van der Waals surface area contributed by atoms with Crippen molar-refractivity contribution in [1.82, 2.24) is 10.3 Å². The van der Waals surface area contributed by atoms with Crippen molar-refractivity contribution in [3.63, 3.8) is 0 Å². The number of amides is 1. The number of aromatic nitrogens is 1. The Bertz CT molecular complexity index is 948. The maximum Gasteiger partial charge on any atom is 0.224 e. The first-order valence-electron chi connectivity index (χ1n) is 10.9. The van der Waals surface area contributed by atoms with E-state index in [9.17, 15) is 9.00 Å². The molecule has 3 unspecified atom stereocenters. The maximum absolute atomic E-state index is 12.9. The van der Waals surface area contributed by atoms with Gasteiger partial charge in [-0.3, -0.25) is 9.78 Å². The number of carbonyl (C=O) groups excluding carboxylic acids is 1. The molecule has 3 rings (SSSR count). The quantitative estimate of drug-likeness (QED) is 0.471. The molecule has 1 aliphatic rings. The number of rotatable bonds is 10. The SMILES string of the molecule is CCCCc1ccc(C2(C)CC2C(=O)N[C@H](C)c2ccc(NCS(=O)O)c(C)c2)cn1. The van der Waals surface area contributed by atoms with Crippen molar-refractivity contribution in [3.05, 3.63) is 58.9 Å². The summed E-state index contributed by atoms with van der Waals surface area (Å²) in [5.74, 6) is 0.0154. The second-order valence-electron chi connectivity index (χ2n) is 8.76. The lowest BCUT2D eigenvalue weighted by Gasteiger charge is -2.18. The van der Waals surface area contributed by atoms with E-state index in [1.807, 2.05) is 38.2 Å². The van der Waals surface area contributed by atoms with Gasteiger partial charge in [-0.05, 0) is 61.9 Å². The predicted octanol–water partition coefficient (Wildman–Crippen LogP) is 4.48. The number of pyridine rings is 1. The summed E-state index contributed by atoms with van der Waals surface area (Å²) in [6, 6.07) is 9.92. The van der Waals surface area contributed by atoms with E-state index in [2.05, 4.69) is 41.6 Å². The molecule has 7 heteroatoms. The zero-order chi connectivity index (χ0) is 22.6. The molecule has 3 N–H and O–H groups in total. The molecule has 0 saturated heterocycles. The highest BCUT2D eigenvalue weighted by molar-refractivity contribution is 7.79. The lowest BCUT2D eigenvalue weighted by molar-refractivity contribution is -0.123. The van der Waals surface area contributed by atoms with Crippen molar-refractivity contribution in [2.45, 2.75) is 64.8 Å². The second-order valence-corrected chi connectivity index (χ2v) is 9.69. The Labute approximate surface area is 187 Å². The van der Waals surface area contributed by atoms with Gasteiger partial charge in [0.05, 0.1) is 6.04 Å². The number of carbonyl (C=O) groups is 1. The largest absolute Gasteiger partial charge is 0.371 e. The summed E-state index contributed by atoms with van der Waals surface area (Å²) >= 11 is -1.89. The highest BCUT2D eigenvalue weighted by Gasteiger charge is 2.55. The van der Waals surface area contributed by atoms with Gasteiger partial charge in [-0.25, -0.2) is 4.21 Å². The van der Waals surface area contributed by atoms with Crippen molar-refractivity contribution in [3.8, 4) is 0 Å². The summed E-state index contributed by atoms with van der Waals surface area (Å²) in [6.07, 6.45) is 6.08. The minimum Gasteiger partial charge on any atom is -0.371 e. The molecule has 6 nitrogen and oxygen atoms in total. The van der Waals surface area contributed by atoms with E-state index in [1.165, 1.54) is 0 Å². The van der Waals surface area contributed by atoms with E-state index in [0.29, 0.717) is 0 Å². The zero-order valence-electron chi connectivity index (χ0n) is 18.8. The van der Waals surface area contributed by atoms with Gasteiger partial charge in [-0.15, -0.1) is 0 Å². The summed E-state index contributed by atoms with van der Waals surface area (Å²) in [6.45, 7) is 8.24. The fourth-order valence-electron chi connectivity index (χ4n) is 4.03. The Kier molecular flexibility index (Phi) is 7.49. The third kappa shape index (κ3) is 5.71. The molecule has 168 valence electrons. The van der Waals surface area contributed by atoms with Gasteiger partial charge < -0.3 is 15.2 Å². The monoisotopic (exact) mass is 443 g/mol. The highest BCUT2D eigenvalue weighted by Crippen LogP contribution is 2.54. The molecule has 1 aromatic carbocycles. The van der Waals surface area contributed by atoms with Crippen molar-refractivity contribution in [2.24, 2.45) is 5.92 Å². The zero-order valence-corrected chi connectivity index (χ0v) is 19.6. The first kappa shape index (κ1) is 23.4. The molecular weight excluding hydrogens is 410 g/mol. The molecule has 0 aliphatic heterocycles. The molecule has 1 heterocycles. The lowest BCUT2D eigenvalue weighted by Crippen LogP contribution is -2.30. The molecule has 0 radical (unpaired) electrons. The van der Waals surface area contributed by atoms with Crippen LogP contribution in [0.15, 0.2) is 36.5 Å². The highest BCUT2D eigenvalue weighted by atomic mass is 32.2. The molecule has 1 aromatic heterocycles. The van der Waals surface area contributed by atoms with Crippen molar-refractivity contribution < 1.29 is 13.6 Å². The van der Waals surface area contributed by atoms with Crippen LogP contribution in [-0.2, 0) is 27.7 Å². The summed E-state index contributed by atoms with van der Waals surface area (Å²) in [7, 11) is 0. The van der Waals surface area contributed by atoms with E-state index in [4.69, 9.17) is 4.55 Å². The number of unbranched alkanes of at least 4 members (excludes halogenated alkanes) is 1. The average molecular weight is 444 g/mol. The van der Waals surface area contributed by atoms with Crippen LogP contribution < -0.4 is 10.6 Å². The summed E-state index contributed by atoms with van der Waals surface area (Å²) in [5, 5.41) is 6.10. The Morgan fingerprint density at radius 1 is 1.35 bits per heavy atom. The molecular formula is C24H33N3O3S. The molecule has 1 saturated carbocycles. The van der Waals surface area contributed by atoms with Crippen LogP contribution in [0.1, 0.15) is 68.5 Å². The minimum absolute atomic E-state index is 0.0127. The van der Waals surface area contributed by atoms with Crippen LogP contribution in [0.3, 0.4) is 0 Å². The Morgan fingerprint density at radius 2 is 2.13 bits per heavy atom. The third-order valence-corrected chi connectivity index (χ3v) is 6.71. The van der Waals surface area contributed by atoms with Crippen LogP contribution in [0.5, 0.6) is 0 Å². The fraction of sp³-hybridized carbons (Fsp3) is 0.500. The number of benzene rings is 1. The topological polar surface area (TPSA) is 91.3 Å². The number of nitrogens with zero attached hydrogens (tertiary/aromatic N) is 1. The van der Waals surface area contributed by atoms with Gasteiger partial charge in [0.1, 0.15) is 5.88 Å². The molecule has 31 heavy (non-hydrogen) atoms. The van der Waals surface area contributed by atoms with Crippen LogP contribution in [-0.4, -0.2) is 25.5 Å². The van der Waals surface area contributed by atoms with Crippen LogP contribution in [0.4, 0.5) is 5.69 Å². The third-order valence-electron chi connectivity index (χ3n) is 6.32. The number of aryl methyl sites for hydroxylation is 2. The Morgan fingerprint density at radius 3 is 2.74 bits per heavy atom. The van der Waals surface area contributed by atoms with Gasteiger partial charge >= 0.3 is 0 Å². The van der Waals surface area contributed by atoms with Crippen molar-refractivity contribution in [2.75, 3.05) is 11.2 Å². The first-order chi connectivity index (χ1) is 14.7. The van der Waals surface area contributed by atoms with Gasteiger partial charge in [0.2, 0.25) is 5.91 Å². The lowest BCUT2D eigenvalue weighted by atomic mass is 9.96. The Hall–Kier alpha value is -2.25. The van der Waals surface area contributed by atoms with E-state index < -0.39 is 11.1 Å². The smallest absolute Gasteiger partial charge is 0.224 e. The average Bonchev–Trinajstić information content (AvgIpc) is 3.44. The molecule has 1 amide bonds. The van der Waals surface area contributed by atoms with E-state index in [0.717, 1.165) is 53.8 Å². The normalized spacial score (nSPS) is 21.9. The summed E-state index contributed by atoms with van der Waals surface area (Å²) < 4.78 is 19.8. The van der Waals surface area contributed by atoms with Crippen molar-refractivity contribution >= 4 is 22.7 Å². The predicted molar refractivity (Wildman–Crippen MR) is 125 cm³/mol. The van der Waals surface area contributed by atoms with Crippen LogP contribution in [0, 0.1) is 12.8 Å². The van der Waals surface area contributed by atoms with Crippen LogP contribution in [0.2, 0.25) is 0 Å². The van der Waals surface area contributed by atoms with Gasteiger partial charge in [-0.1, -0.05) is 38.5 Å². The molecule has 0 spiro atoms. The number of nitrogens with one attached hydrogen (secondary N) is 2. The van der Waals surface area contributed by atoms with E-state index in [1.54, 1.807) is 0 Å². The number of hydrogen-bond donors (Lipinski definition) is 3. The Balaban J connectivity index is 1.59. The number of hydrogen-bond acceptors (Lipinski definition) is 4. The van der Waals surface area contributed by atoms with Crippen molar-refractivity contribution in [1.29, 1.82) is 0 Å². The van der Waals surface area contributed by atoms with E-state index >= 15 is 0 Å². The van der Waals surface area contributed by atoms with Gasteiger partial charge in [0, 0.05) is 28.9 Å². The fourth-order valence-corrected chi connectivity index (χ4v) is 4.30. The minimum atomic E-state index is -1.89. The second kappa shape index (κ2) is 9.92. The summed E-state index contributed by atoms with van der Waals surface area (Å²) in [4.78, 5) is 17.5. The number of anilines is 1. The molecule has 4 atom stereocenters. The van der Waals surface area contributed by atoms with Crippen LogP contribution >= 0.6 is 0 Å². The molecule has 2 aromatic rings. The molecule has 1 aliphatic carbocycles. The summed E-state index contributed by atoms with van der Waals surface area (Å²) in [5.41, 5.74) is 4.88. The van der Waals surface area contributed by atoms with Gasteiger partial charge in [0.25, 0.3) is 0 Å². The standard InChI is InChI=1S/C24H33N3O3S/c1-5-6-7-20-10-9-19(14-25-20)24(4)13-21(24)23(28)27-17(3)18-8-11-22(16(2)12-18)26-15-31(29)30/h8-12,14,17,21,26H,5-7,13,15H2,1-4H3,(H,27,28)(H,29,30)/t17-,21?,24?/m1/s1. The first-order valence-corrected chi connectivity index (χ1v) is 12.2. The van der Waals surface area contributed by atoms with Gasteiger partial charge in [-0.2, -0.15) is 0 Å². The maximum atomic E-state index is 12.9. The van der Waals surface area contributed by atoms with Crippen LogP contribution in [0.25, 0.3) is 0 Å².